The topological polar surface area (TPSA) is 92.8 Å². The minimum atomic E-state index is -3.72. The average Bonchev–Trinajstić information content (AvgIpc) is 2.66. The van der Waals surface area contributed by atoms with Gasteiger partial charge in [-0.15, -0.1) is 0 Å². The van der Waals surface area contributed by atoms with Crippen molar-refractivity contribution in [2.75, 3.05) is 19.7 Å². The minimum Gasteiger partial charge on any atom is -0.455 e. The fraction of sp³-hybridized carbons (Fsp3) is 0.579. The van der Waals surface area contributed by atoms with Crippen LogP contribution >= 0.6 is 0 Å². The van der Waals surface area contributed by atoms with E-state index in [0.717, 1.165) is 25.0 Å². The summed E-state index contributed by atoms with van der Waals surface area (Å²) < 4.78 is 44.5. The molecule has 7 nitrogen and oxygen atoms in total. The van der Waals surface area contributed by atoms with Crippen LogP contribution in [0.15, 0.2) is 29.2 Å². The molecule has 1 aliphatic rings. The Morgan fingerprint density at radius 2 is 1.86 bits per heavy atom. The first kappa shape index (κ1) is 22.3. The molecule has 0 bridgehead atoms. The second-order valence-corrected chi connectivity index (χ2v) is 8.94. The highest BCUT2D eigenvalue weighted by Crippen LogP contribution is 2.24. The number of nitrogens with zero attached hydrogens (tertiary/aromatic N) is 1. The van der Waals surface area contributed by atoms with Gasteiger partial charge in [-0.3, -0.25) is 9.59 Å². The van der Waals surface area contributed by atoms with Gasteiger partial charge in [0.25, 0.3) is 5.91 Å². The highest BCUT2D eigenvalue weighted by Gasteiger charge is 2.33. The third-order valence-electron chi connectivity index (χ3n) is 4.71. The fourth-order valence-corrected chi connectivity index (χ4v) is 4.63. The number of esters is 1. The first-order chi connectivity index (χ1) is 13.2. The van der Waals surface area contributed by atoms with Gasteiger partial charge in [0.1, 0.15) is 5.82 Å². The Kier molecular flexibility index (Phi) is 7.94. The average molecular weight is 414 g/mol. The van der Waals surface area contributed by atoms with Crippen LogP contribution in [-0.2, 0) is 24.3 Å². The van der Waals surface area contributed by atoms with Crippen LogP contribution in [0, 0.1) is 11.7 Å². The number of hydrogen-bond acceptors (Lipinski definition) is 5. The zero-order valence-electron chi connectivity index (χ0n) is 16.2. The number of benzene rings is 1. The van der Waals surface area contributed by atoms with Crippen LogP contribution in [0.1, 0.15) is 39.5 Å². The van der Waals surface area contributed by atoms with Gasteiger partial charge in [0.15, 0.2) is 6.61 Å². The highest BCUT2D eigenvalue weighted by molar-refractivity contribution is 7.89. The Bertz CT molecular complexity index is 774. The number of piperidine rings is 1. The molecule has 1 aromatic carbocycles. The van der Waals surface area contributed by atoms with E-state index in [4.69, 9.17) is 4.74 Å². The maximum Gasteiger partial charge on any atom is 0.309 e. The van der Waals surface area contributed by atoms with Crippen LogP contribution in [0.3, 0.4) is 0 Å². The minimum absolute atomic E-state index is 0.0211. The molecule has 28 heavy (non-hydrogen) atoms. The summed E-state index contributed by atoms with van der Waals surface area (Å²) in [5.74, 6) is -1.78. The first-order valence-electron chi connectivity index (χ1n) is 9.45. The van der Waals surface area contributed by atoms with Crippen molar-refractivity contribution < 1.29 is 27.1 Å². The number of hydrogen-bond donors (Lipinski definition) is 1. The van der Waals surface area contributed by atoms with Crippen LogP contribution in [-0.4, -0.2) is 50.3 Å². The molecule has 156 valence electrons. The largest absolute Gasteiger partial charge is 0.455 e. The summed E-state index contributed by atoms with van der Waals surface area (Å²) in [6.07, 6.45) is 2.42. The lowest BCUT2D eigenvalue weighted by Crippen LogP contribution is -2.41. The van der Waals surface area contributed by atoms with Crippen molar-refractivity contribution in [1.29, 1.82) is 0 Å². The van der Waals surface area contributed by atoms with E-state index >= 15 is 0 Å². The molecule has 1 aromatic rings. The number of carbonyl (C=O) groups is 2. The molecule has 2 rings (SSSR count). The molecular weight excluding hydrogens is 387 g/mol. The quantitative estimate of drug-likeness (QED) is 0.658. The summed E-state index contributed by atoms with van der Waals surface area (Å²) in [6.45, 7) is 3.91. The third kappa shape index (κ3) is 6.00. The van der Waals surface area contributed by atoms with Crippen molar-refractivity contribution in [3.63, 3.8) is 0 Å². The summed E-state index contributed by atoms with van der Waals surface area (Å²) in [4.78, 5) is 24.0. The molecule has 1 atom stereocenters. The monoisotopic (exact) mass is 414 g/mol. The van der Waals surface area contributed by atoms with Gasteiger partial charge in [-0.1, -0.05) is 13.3 Å². The lowest BCUT2D eigenvalue weighted by Gasteiger charge is -2.30. The predicted octanol–water partition coefficient (Wildman–Crippen LogP) is 2.07. The van der Waals surface area contributed by atoms with Crippen LogP contribution < -0.4 is 5.32 Å². The van der Waals surface area contributed by atoms with E-state index in [1.165, 1.54) is 16.4 Å². The number of rotatable bonds is 8. The van der Waals surface area contributed by atoms with Crippen molar-refractivity contribution in [3.8, 4) is 0 Å². The SMILES string of the molecule is CCC[C@@H](C)NC(=O)COC(=O)C1CCN(S(=O)(=O)c2ccc(F)cc2)CC1. The molecule has 1 heterocycles. The molecule has 1 amide bonds. The maximum atomic E-state index is 13.0. The lowest BCUT2D eigenvalue weighted by atomic mass is 9.98. The van der Waals surface area contributed by atoms with Crippen LogP contribution in [0.25, 0.3) is 0 Å². The summed E-state index contributed by atoms with van der Waals surface area (Å²) in [6, 6.07) is 4.68. The van der Waals surface area contributed by atoms with Crippen molar-refractivity contribution in [3.05, 3.63) is 30.1 Å². The van der Waals surface area contributed by atoms with Crippen LogP contribution in [0.2, 0.25) is 0 Å². The number of ether oxygens (including phenoxy) is 1. The molecule has 0 aliphatic carbocycles. The second-order valence-electron chi connectivity index (χ2n) is 7.00. The Morgan fingerprint density at radius 1 is 1.25 bits per heavy atom. The van der Waals surface area contributed by atoms with Gasteiger partial charge in [0.05, 0.1) is 10.8 Å². The molecule has 0 saturated carbocycles. The number of nitrogens with one attached hydrogen (secondary N) is 1. The molecule has 9 heteroatoms. The number of halogens is 1. The summed E-state index contributed by atoms with van der Waals surface area (Å²) in [7, 11) is -3.72. The van der Waals surface area contributed by atoms with Crippen molar-refractivity contribution in [2.24, 2.45) is 5.92 Å². The predicted molar refractivity (Wildman–Crippen MR) is 101 cm³/mol. The van der Waals surface area contributed by atoms with Gasteiger partial charge in [0, 0.05) is 19.1 Å². The zero-order valence-corrected chi connectivity index (χ0v) is 17.0. The van der Waals surface area contributed by atoms with Crippen LogP contribution in [0.4, 0.5) is 4.39 Å². The third-order valence-corrected chi connectivity index (χ3v) is 6.63. The van der Waals surface area contributed by atoms with Gasteiger partial charge < -0.3 is 10.1 Å². The standard InChI is InChI=1S/C19H27FN2O5S/c1-3-4-14(2)21-18(23)13-27-19(24)15-9-11-22(12-10-15)28(25,26)17-7-5-16(20)6-8-17/h5-8,14-15H,3-4,9-13H2,1-2H3,(H,21,23)/t14-/m1/s1. The van der Waals surface area contributed by atoms with E-state index in [-0.39, 0.29) is 36.5 Å². The summed E-state index contributed by atoms with van der Waals surface area (Å²) >= 11 is 0. The van der Waals surface area contributed by atoms with Gasteiger partial charge in [-0.05, 0) is 50.5 Å². The molecule has 1 aliphatic heterocycles. The highest BCUT2D eigenvalue weighted by atomic mass is 32.2. The Balaban J connectivity index is 1.82. The molecule has 0 aromatic heterocycles. The normalized spacial score (nSPS) is 17.1. The van der Waals surface area contributed by atoms with E-state index < -0.39 is 27.7 Å². The Labute approximate surface area is 165 Å². The van der Waals surface area contributed by atoms with E-state index in [0.29, 0.717) is 12.8 Å². The Hall–Kier alpha value is -2.00. The van der Waals surface area contributed by atoms with E-state index in [9.17, 15) is 22.4 Å². The maximum absolute atomic E-state index is 13.0. The summed E-state index contributed by atoms with van der Waals surface area (Å²) in [5.41, 5.74) is 0. The Morgan fingerprint density at radius 3 is 2.43 bits per heavy atom. The molecule has 0 unspecified atom stereocenters. The number of sulfonamides is 1. The summed E-state index contributed by atoms with van der Waals surface area (Å²) in [5, 5.41) is 2.76. The van der Waals surface area contributed by atoms with Crippen molar-refractivity contribution in [2.45, 2.75) is 50.5 Å². The van der Waals surface area contributed by atoms with Gasteiger partial charge in [-0.2, -0.15) is 4.31 Å². The number of carbonyl (C=O) groups excluding carboxylic acids is 2. The molecule has 1 fully saturated rings. The van der Waals surface area contributed by atoms with E-state index in [2.05, 4.69) is 5.32 Å². The fourth-order valence-electron chi connectivity index (χ4n) is 3.16. The van der Waals surface area contributed by atoms with E-state index in [1.807, 2.05) is 13.8 Å². The van der Waals surface area contributed by atoms with E-state index in [1.54, 1.807) is 0 Å². The molecule has 1 saturated heterocycles. The van der Waals surface area contributed by atoms with Gasteiger partial charge in [-0.25, -0.2) is 12.8 Å². The molecule has 1 N–H and O–H groups in total. The molecular formula is C19H27FN2O5S. The van der Waals surface area contributed by atoms with Crippen molar-refractivity contribution in [1.82, 2.24) is 9.62 Å². The smallest absolute Gasteiger partial charge is 0.309 e. The zero-order chi connectivity index (χ0) is 20.7. The van der Waals surface area contributed by atoms with Gasteiger partial charge in [0.2, 0.25) is 10.0 Å². The molecule has 0 spiro atoms. The van der Waals surface area contributed by atoms with Gasteiger partial charge >= 0.3 is 5.97 Å². The number of amides is 1. The van der Waals surface area contributed by atoms with Crippen LogP contribution in [0.5, 0.6) is 0 Å². The second kappa shape index (κ2) is 9.97. The molecule has 0 radical (unpaired) electrons. The van der Waals surface area contributed by atoms with Crippen molar-refractivity contribution >= 4 is 21.9 Å². The first-order valence-corrected chi connectivity index (χ1v) is 10.9. The lowest BCUT2D eigenvalue weighted by molar-refractivity contribution is -0.153.